The molecule has 1 aliphatic carbocycles. The van der Waals surface area contributed by atoms with Crippen molar-refractivity contribution in [2.45, 2.75) is 18.6 Å². The van der Waals surface area contributed by atoms with Crippen LogP contribution in [0.1, 0.15) is 13.3 Å². The Morgan fingerprint density at radius 3 is 2.57 bits per heavy atom. The second kappa shape index (κ2) is 3.51. The van der Waals surface area contributed by atoms with Gasteiger partial charge in [-0.2, -0.15) is 0 Å². The van der Waals surface area contributed by atoms with Gasteiger partial charge in [-0.05, 0) is 6.42 Å². The van der Waals surface area contributed by atoms with Crippen molar-refractivity contribution < 1.29 is 23.1 Å². The number of sulfone groups is 1. The highest BCUT2D eigenvalue weighted by molar-refractivity contribution is 7.92. The van der Waals surface area contributed by atoms with Crippen LogP contribution in [0.3, 0.4) is 0 Å². The predicted molar refractivity (Wildman–Crippen MR) is 49.8 cm³/mol. The van der Waals surface area contributed by atoms with Crippen molar-refractivity contribution in [2.75, 3.05) is 19.5 Å². The molecular formula is C8H14O5S. The first-order valence-corrected chi connectivity index (χ1v) is 6.06. The molecule has 0 aliphatic heterocycles. The fourth-order valence-corrected chi connectivity index (χ4v) is 3.45. The molecule has 0 aromatic carbocycles. The lowest BCUT2D eigenvalue weighted by molar-refractivity contribution is -0.145. The second-order valence-corrected chi connectivity index (χ2v) is 6.01. The number of aliphatic carboxylic acids is 1. The van der Waals surface area contributed by atoms with Gasteiger partial charge in [-0.15, -0.1) is 0 Å². The summed E-state index contributed by atoms with van der Waals surface area (Å²) in [6.45, 7) is 1.49. The van der Waals surface area contributed by atoms with Gasteiger partial charge in [0.05, 0.1) is 11.9 Å². The number of carboxylic acid groups (broad SMARTS) is 1. The Morgan fingerprint density at radius 2 is 2.21 bits per heavy atom. The molecule has 0 heterocycles. The molecule has 1 fully saturated rings. The zero-order valence-electron chi connectivity index (χ0n) is 8.19. The Labute approximate surface area is 83.0 Å². The van der Waals surface area contributed by atoms with Crippen LogP contribution in [0.25, 0.3) is 0 Å². The molecule has 0 spiro atoms. The summed E-state index contributed by atoms with van der Waals surface area (Å²) >= 11 is 0. The van der Waals surface area contributed by atoms with Gasteiger partial charge in [0.2, 0.25) is 0 Å². The third kappa shape index (κ3) is 1.64. The van der Waals surface area contributed by atoms with E-state index < -0.39 is 26.5 Å². The summed E-state index contributed by atoms with van der Waals surface area (Å²) in [4.78, 5) is 10.9. The highest BCUT2D eigenvalue weighted by atomic mass is 32.2. The highest BCUT2D eigenvalue weighted by Gasteiger charge is 2.66. The van der Waals surface area contributed by atoms with Crippen LogP contribution < -0.4 is 0 Å². The average Bonchev–Trinajstić information content (AvgIpc) is 2.82. The molecule has 1 rings (SSSR count). The van der Waals surface area contributed by atoms with Gasteiger partial charge in [-0.3, -0.25) is 4.79 Å². The maximum absolute atomic E-state index is 11.4. The zero-order chi connectivity index (χ0) is 11.0. The van der Waals surface area contributed by atoms with Gasteiger partial charge in [0.15, 0.2) is 9.84 Å². The maximum Gasteiger partial charge on any atom is 0.313 e. The number of ether oxygens (including phenoxy) is 1. The van der Waals surface area contributed by atoms with Crippen LogP contribution >= 0.6 is 0 Å². The van der Waals surface area contributed by atoms with E-state index in [1.165, 1.54) is 14.0 Å². The second-order valence-electron chi connectivity index (χ2n) is 3.54. The van der Waals surface area contributed by atoms with Crippen molar-refractivity contribution in [3.05, 3.63) is 0 Å². The van der Waals surface area contributed by atoms with Crippen LogP contribution in [0, 0.1) is 5.41 Å². The highest BCUT2D eigenvalue weighted by Crippen LogP contribution is 2.51. The summed E-state index contributed by atoms with van der Waals surface area (Å²) < 4.78 is 27.6. The Hall–Kier alpha value is -0.620. The molecule has 1 N–H and O–H groups in total. The molecule has 2 atom stereocenters. The average molecular weight is 222 g/mol. The van der Waals surface area contributed by atoms with Crippen LogP contribution in [-0.2, 0) is 19.4 Å². The van der Waals surface area contributed by atoms with Crippen LogP contribution in [-0.4, -0.2) is 44.2 Å². The number of methoxy groups -OCH3 is 1. The number of rotatable bonds is 5. The number of hydrogen-bond donors (Lipinski definition) is 1. The molecule has 14 heavy (non-hydrogen) atoms. The first-order valence-electron chi connectivity index (χ1n) is 4.34. The monoisotopic (exact) mass is 222 g/mol. The van der Waals surface area contributed by atoms with Gasteiger partial charge in [0.1, 0.15) is 5.41 Å². The van der Waals surface area contributed by atoms with Gasteiger partial charge < -0.3 is 9.84 Å². The van der Waals surface area contributed by atoms with Crippen LogP contribution in [0.15, 0.2) is 0 Å². The van der Waals surface area contributed by atoms with Gasteiger partial charge >= 0.3 is 5.97 Å². The maximum atomic E-state index is 11.4. The van der Waals surface area contributed by atoms with Gasteiger partial charge in [-0.25, -0.2) is 8.42 Å². The summed E-state index contributed by atoms with van der Waals surface area (Å²) in [6, 6.07) is 0. The molecule has 0 amide bonds. The molecule has 82 valence electrons. The minimum Gasteiger partial charge on any atom is -0.481 e. The zero-order valence-corrected chi connectivity index (χ0v) is 9.00. The lowest BCUT2D eigenvalue weighted by Gasteiger charge is -2.10. The molecule has 0 saturated heterocycles. The number of carbonyl (C=O) groups is 1. The van der Waals surface area contributed by atoms with E-state index in [-0.39, 0.29) is 18.8 Å². The first-order chi connectivity index (χ1) is 6.40. The van der Waals surface area contributed by atoms with E-state index in [2.05, 4.69) is 0 Å². The Balaban J connectivity index is 2.86. The van der Waals surface area contributed by atoms with E-state index in [0.717, 1.165) is 0 Å². The standard InChI is InChI=1S/C8H14O5S/c1-3-14(11,12)6-4-8(6,5-13-2)7(9)10/h6H,3-5H2,1-2H3,(H,9,10)/t6-,8-/m1/s1. The number of hydrogen-bond acceptors (Lipinski definition) is 4. The summed E-state index contributed by atoms with van der Waals surface area (Å²) in [7, 11) is -1.89. The van der Waals surface area contributed by atoms with Crippen molar-refractivity contribution in [2.24, 2.45) is 5.41 Å². The Morgan fingerprint density at radius 1 is 1.64 bits per heavy atom. The molecule has 5 nitrogen and oxygen atoms in total. The molecule has 0 aromatic rings. The van der Waals surface area contributed by atoms with E-state index in [1.807, 2.05) is 0 Å². The topological polar surface area (TPSA) is 80.7 Å². The van der Waals surface area contributed by atoms with Crippen LogP contribution in [0.2, 0.25) is 0 Å². The number of carboxylic acids is 1. The Bertz CT molecular complexity index is 334. The quantitative estimate of drug-likeness (QED) is 0.703. The van der Waals surface area contributed by atoms with E-state index in [1.54, 1.807) is 0 Å². The molecule has 0 radical (unpaired) electrons. The molecule has 6 heteroatoms. The molecular weight excluding hydrogens is 208 g/mol. The summed E-state index contributed by atoms with van der Waals surface area (Å²) in [5.41, 5.74) is -1.19. The van der Waals surface area contributed by atoms with E-state index in [4.69, 9.17) is 9.84 Å². The van der Waals surface area contributed by atoms with Crippen molar-refractivity contribution >= 4 is 15.8 Å². The minimum atomic E-state index is -3.26. The third-order valence-electron chi connectivity index (χ3n) is 2.67. The van der Waals surface area contributed by atoms with Crippen LogP contribution in [0.5, 0.6) is 0 Å². The largest absolute Gasteiger partial charge is 0.481 e. The molecule has 0 aromatic heterocycles. The fraction of sp³-hybridized carbons (Fsp3) is 0.875. The molecule has 1 saturated carbocycles. The third-order valence-corrected chi connectivity index (χ3v) is 4.96. The van der Waals surface area contributed by atoms with E-state index >= 15 is 0 Å². The van der Waals surface area contributed by atoms with Crippen molar-refractivity contribution in [1.82, 2.24) is 0 Å². The summed E-state index contributed by atoms with van der Waals surface area (Å²) in [5.74, 6) is -1.10. The van der Waals surface area contributed by atoms with Gasteiger partial charge in [-0.1, -0.05) is 6.92 Å². The SMILES string of the molecule is CCS(=O)(=O)[C@@H]1C[C@]1(COC)C(=O)O. The van der Waals surface area contributed by atoms with Crippen molar-refractivity contribution in [3.8, 4) is 0 Å². The van der Waals surface area contributed by atoms with E-state index in [9.17, 15) is 13.2 Å². The smallest absolute Gasteiger partial charge is 0.313 e. The van der Waals surface area contributed by atoms with E-state index in [0.29, 0.717) is 0 Å². The minimum absolute atomic E-state index is 0.0174. The lowest BCUT2D eigenvalue weighted by Crippen LogP contribution is -2.28. The van der Waals surface area contributed by atoms with Gasteiger partial charge in [0, 0.05) is 12.9 Å². The normalized spacial score (nSPS) is 31.4. The first kappa shape index (κ1) is 11.5. The Kier molecular flexibility index (Phi) is 2.87. The van der Waals surface area contributed by atoms with Gasteiger partial charge in [0.25, 0.3) is 0 Å². The molecule has 0 bridgehead atoms. The van der Waals surface area contributed by atoms with Crippen molar-refractivity contribution in [1.29, 1.82) is 0 Å². The summed E-state index contributed by atoms with van der Waals surface area (Å²) in [5, 5.41) is 8.15. The predicted octanol–water partition coefficient (Wildman–Crippen LogP) is -0.0892. The van der Waals surface area contributed by atoms with Crippen molar-refractivity contribution in [3.63, 3.8) is 0 Å². The van der Waals surface area contributed by atoms with Crippen LogP contribution in [0.4, 0.5) is 0 Å². The fourth-order valence-electron chi connectivity index (χ4n) is 1.64. The molecule has 1 aliphatic rings. The molecule has 0 unspecified atom stereocenters. The lowest BCUT2D eigenvalue weighted by atomic mass is 10.1. The summed E-state index contributed by atoms with van der Waals surface area (Å²) in [6.07, 6.45) is 0.173.